The van der Waals surface area contributed by atoms with E-state index in [1.807, 2.05) is 23.9 Å². The predicted octanol–water partition coefficient (Wildman–Crippen LogP) is 2.90. The molecule has 1 aromatic carbocycles. The van der Waals surface area contributed by atoms with Crippen LogP contribution < -0.4 is 5.32 Å². The third kappa shape index (κ3) is 3.86. The van der Waals surface area contributed by atoms with Crippen molar-refractivity contribution in [1.29, 1.82) is 0 Å². The van der Waals surface area contributed by atoms with Crippen LogP contribution >= 0.6 is 0 Å². The molecule has 1 N–H and O–H groups in total. The molecular formula is C14H17F2N3. The van der Waals surface area contributed by atoms with Crippen molar-refractivity contribution in [2.45, 2.75) is 25.9 Å². The fourth-order valence-electron chi connectivity index (χ4n) is 1.95. The van der Waals surface area contributed by atoms with Crippen LogP contribution in [0.3, 0.4) is 0 Å². The van der Waals surface area contributed by atoms with Gasteiger partial charge in [0.2, 0.25) is 0 Å². The van der Waals surface area contributed by atoms with E-state index in [1.165, 1.54) is 6.07 Å². The van der Waals surface area contributed by atoms with Gasteiger partial charge in [-0.2, -0.15) is 5.10 Å². The number of hydrogen-bond donors (Lipinski definition) is 1. The van der Waals surface area contributed by atoms with Crippen LogP contribution in [0.5, 0.6) is 0 Å². The Balaban J connectivity index is 1.80. The maximum atomic E-state index is 13.5. The van der Waals surface area contributed by atoms with Crippen molar-refractivity contribution >= 4 is 0 Å². The summed E-state index contributed by atoms with van der Waals surface area (Å²) in [6.07, 6.45) is 4.51. The number of halogens is 2. The van der Waals surface area contributed by atoms with E-state index in [2.05, 4.69) is 10.4 Å². The Hall–Kier alpha value is -1.75. The van der Waals surface area contributed by atoms with Crippen molar-refractivity contribution in [2.75, 3.05) is 6.54 Å². The summed E-state index contributed by atoms with van der Waals surface area (Å²) in [5.41, 5.74) is 0.360. The van der Waals surface area contributed by atoms with Gasteiger partial charge < -0.3 is 5.32 Å². The highest BCUT2D eigenvalue weighted by Gasteiger charge is 2.11. The van der Waals surface area contributed by atoms with Gasteiger partial charge in [0, 0.05) is 30.5 Å². The summed E-state index contributed by atoms with van der Waals surface area (Å²) in [5, 5.41) is 7.28. The summed E-state index contributed by atoms with van der Waals surface area (Å²) in [6.45, 7) is 3.35. The first kappa shape index (κ1) is 13.7. The Kier molecular flexibility index (Phi) is 4.63. The fourth-order valence-corrected chi connectivity index (χ4v) is 1.95. The van der Waals surface area contributed by atoms with Crippen LogP contribution in [0.15, 0.2) is 36.7 Å². The van der Waals surface area contributed by atoms with Crippen molar-refractivity contribution in [3.05, 3.63) is 53.9 Å². The molecule has 3 nitrogen and oxygen atoms in total. The van der Waals surface area contributed by atoms with Crippen molar-refractivity contribution in [1.82, 2.24) is 15.1 Å². The molecule has 0 saturated carbocycles. The lowest BCUT2D eigenvalue weighted by molar-refractivity contribution is 0.487. The molecule has 0 aliphatic carbocycles. The Morgan fingerprint density at radius 1 is 1.37 bits per heavy atom. The predicted molar refractivity (Wildman–Crippen MR) is 69.6 cm³/mol. The lowest BCUT2D eigenvalue weighted by Crippen LogP contribution is -2.22. The minimum absolute atomic E-state index is 0.215. The van der Waals surface area contributed by atoms with Gasteiger partial charge in [0.15, 0.2) is 0 Å². The second-order valence-corrected chi connectivity index (χ2v) is 4.46. The number of rotatable bonds is 6. The zero-order chi connectivity index (χ0) is 13.7. The topological polar surface area (TPSA) is 29.9 Å². The molecule has 0 fully saturated rings. The number of nitrogens with zero attached hydrogens (tertiary/aromatic N) is 2. The van der Waals surface area contributed by atoms with Crippen molar-refractivity contribution in [2.24, 2.45) is 0 Å². The molecule has 5 heteroatoms. The third-order valence-corrected chi connectivity index (χ3v) is 3.00. The van der Waals surface area contributed by atoms with Crippen molar-refractivity contribution < 1.29 is 8.78 Å². The number of nitrogens with one attached hydrogen (secondary N) is 1. The summed E-state index contributed by atoms with van der Waals surface area (Å²) in [5.74, 6) is -0.796. The van der Waals surface area contributed by atoms with Gasteiger partial charge in [0.25, 0.3) is 0 Å². The molecule has 1 unspecified atom stereocenters. The van der Waals surface area contributed by atoms with Crippen molar-refractivity contribution in [3.8, 4) is 0 Å². The van der Waals surface area contributed by atoms with Crippen LogP contribution in [-0.2, 0) is 6.54 Å². The van der Waals surface area contributed by atoms with Gasteiger partial charge in [-0.1, -0.05) is 0 Å². The van der Waals surface area contributed by atoms with E-state index in [1.54, 1.807) is 6.20 Å². The van der Waals surface area contributed by atoms with Gasteiger partial charge >= 0.3 is 0 Å². The molecule has 0 radical (unpaired) electrons. The maximum Gasteiger partial charge on any atom is 0.128 e. The van der Waals surface area contributed by atoms with Gasteiger partial charge in [-0.25, -0.2) is 8.78 Å². The molecule has 0 saturated heterocycles. The Labute approximate surface area is 111 Å². The van der Waals surface area contributed by atoms with Crippen LogP contribution in [-0.4, -0.2) is 16.3 Å². The maximum absolute atomic E-state index is 13.5. The van der Waals surface area contributed by atoms with Crippen molar-refractivity contribution in [3.63, 3.8) is 0 Å². The largest absolute Gasteiger partial charge is 0.310 e. The molecule has 0 aliphatic heterocycles. The number of aromatic nitrogens is 2. The average molecular weight is 265 g/mol. The average Bonchev–Trinajstić information content (AvgIpc) is 2.90. The molecule has 19 heavy (non-hydrogen) atoms. The zero-order valence-electron chi connectivity index (χ0n) is 10.8. The minimum Gasteiger partial charge on any atom is -0.310 e. The molecule has 1 heterocycles. The van der Waals surface area contributed by atoms with E-state index in [0.29, 0.717) is 5.56 Å². The highest BCUT2D eigenvalue weighted by atomic mass is 19.1. The van der Waals surface area contributed by atoms with E-state index in [9.17, 15) is 8.78 Å². The number of benzene rings is 1. The Morgan fingerprint density at radius 3 is 2.95 bits per heavy atom. The summed E-state index contributed by atoms with van der Waals surface area (Å²) in [6, 6.07) is 5.18. The Morgan fingerprint density at radius 2 is 2.21 bits per heavy atom. The molecule has 1 atom stereocenters. The second-order valence-electron chi connectivity index (χ2n) is 4.46. The first-order valence-electron chi connectivity index (χ1n) is 6.32. The lowest BCUT2D eigenvalue weighted by atomic mass is 10.1. The molecule has 2 aromatic rings. The summed E-state index contributed by atoms with van der Waals surface area (Å²) in [4.78, 5) is 0. The number of hydrogen-bond acceptors (Lipinski definition) is 2. The first-order chi connectivity index (χ1) is 9.16. The monoisotopic (exact) mass is 265 g/mol. The first-order valence-corrected chi connectivity index (χ1v) is 6.32. The molecule has 0 amide bonds. The molecule has 2 rings (SSSR count). The SMILES string of the molecule is CC(NCCCn1cccn1)c1cc(F)ccc1F. The molecule has 102 valence electrons. The normalized spacial score (nSPS) is 12.6. The quantitative estimate of drug-likeness (QED) is 0.814. The van der Waals surface area contributed by atoms with E-state index in [0.717, 1.165) is 31.6 Å². The van der Waals surface area contributed by atoms with Gasteiger partial charge in [-0.15, -0.1) is 0 Å². The number of aryl methyl sites for hydroxylation is 1. The molecule has 1 aromatic heterocycles. The van der Waals surface area contributed by atoms with Gasteiger partial charge in [0.05, 0.1) is 0 Å². The highest BCUT2D eigenvalue weighted by molar-refractivity contribution is 5.21. The van der Waals surface area contributed by atoms with Gasteiger partial charge in [-0.05, 0) is 44.2 Å². The fraction of sp³-hybridized carbons (Fsp3) is 0.357. The van der Waals surface area contributed by atoms with E-state index < -0.39 is 5.82 Å². The van der Waals surface area contributed by atoms with Crippen LogP contribution in [0.2, 0.25) is 0 Å². The van der Waals surface area contributed by atoms with Gasteiger partial charge in [0.1, 0.15) is 11.6 Å². The summed E-state index contributed by atoms with van der Waals surface area (Å²) < 4.78 is 28.4. The highest BCUT2D eigenvalue weighted by Crippen LogP contribution is 2.17. The second kappa shape index (κ2) is 6.43. The summed E-state index contributed by atoms with van der Waals surface area (Å²) in [7, 11) is 0. The minimum atomic E-state index is -0.415. The van der Waals surface area contributed by atoms with Crippen LogP contribution in [0.25, 0.3) is 0 Å². The van der Waals surface area contributed by atoms with Crippen LogP contribution in [0, 0.1) is 11.6 Å². The standard InChI is InChI=1S/C14H17F2N3/c1-11(13-10-12(15)4-5-14(13)16)17-6-2-8-19-9-3-7-18-19/h3-5,7,9-11,17H,2,6,8H2,1H3. The summed E-state index contributed by atoms with van der Waals surface area (Å²) >= 11 is 0. The van der Waals surface area contributed by atoms with E-state index in [4.69, 9.17) is 0 Å². The third-order valence-electron chi connectivity index (χ3n) is 3.00. The van der Waals surface area contributed by atoms with Gasteiger partial charge in [-0.3, -0.25) is 4.68 Å². The van der Waals surface area contributed by atoms with Crippen LogP contribution in [0.4, 0.5) is 8.78 Å². The van der Waals surface area contributed by atoms with E-state index in [-0.39, 0.29) is 11.9 Å². The van der Waals surface area contributed by atoms with E-state index >= 15 is 0 Å². The Bertz CT molecular complexity index is 511. The molecule has 0 bridgehead atoms. The molecule has 0 aliphatic rings. The zero-order valence-corrected chi connectivity index (χ0v) is 10.8. The molecule has 0 spiro atoms. The smallest absolute Gasteiger partial charge is 0.128 e. The molecular weight excluding hydrogens is 248 g/mol. The van der Waals surface area contributed by atoms with Crippen LogP contribution in [0.1, 0.15) is 24.9 Å². The lowest BCUT2D eigenvalue weighted by Gasteiger charge is -2.15.